The molecule has 0 aliphatic carbocycles. The molecule has 8 aromatic carbocycles. The molecule has 0 aliphatic rings. The van der Waals surface area contributed by atoms with Gasteiger partial charge in [-0.2, -0.15) is 0 Å². The third kappa shape index (κ3) is 4.29. The van der Waals surface area contributed by atoms with Crippen molar-refractivity contribution in [3.05, 3.63) is 182 Å². The summed E-state index contributed by atoms with van der Waals surface area (Å²) >= 11 is 1.87. The van der Waals surface area contributed by atoms with Crippen molar-refractivity contribution < 1.29 is 0 Å². The van der Waals surface area contributed by atoms with E-state index in [-0.39, 0.29) is 0 Å². The highest BCUT2D eigenvalue weighted by molar-refractivity contribution is 7.25. The monoisotopic (exact) mass is 666 g/mol. The van der Waals surface area contributed by atoms with Crippen LogP contribution in [0.5, 0.6) is 0 Å². The predicted molar refractivity (Wildman–Crippen MR) is 219 cm³/mol. The third-order valence-corrected chi connectivity index (χ3v) is 11.7. The van der Waals surface area contributed by atoms with Crippen LogP contribution in [0, 0.1) is 0 Å². The fraction of sp³-hybridized carbons (Fsp3) is 0. The number of rotatable bonds is 4. The smallest absolute Gasteiger partial charge is 0.0547 e. The molecule has 0 saturated carbocycles. The van der Waals surface area contributed by atoms with E-state index in [1.807, 2.05) is 11.3 Å². The average molecular weight is 667 g/mol. The molecule has 0 atom stereocenters. The molecule has 0 unspecified atom stereocenters. The van der Waals surface area contributed by atoms with Gasteiger partial charge in [0.1, 0.15) is 0 Å². The lowest BCUT2D eigenvalue weighted by molar-refractivity contribution is 1.18. The molecular weight excluding hydrogens is 637 g/mol. The lowest BCUT2D eigenvalue weighted by atomic mass is 9.98. The van der Waals surface area contributed by atoms with E-state index in [2.05, 4.69) is 191 Å². The van der Waals surface area contributed by atoms with E-state index < -0.39 is 0 Å². The molecule has 11 aromatic rings. The van der Waals surface area contributed by atoms with E-state index in [1.165, 1.54) is 91.7 Å². The van der Waals surface area contributed by atoms with E-state index in [1.54, 1.807) is 0 Å². The van der Waals surface area contributed by atoms with Crippen LogP contribution in [0.4, 0.5) is 0 Å². The lowest BCUT2D eigenvalue weighted by Gasteiger charge is -2.11. The van der Waals surface area contributed by atoms with Crippen LogP contribution in [-0.4, -0.2) is 9.13 Å². The van der Waals surface area contributed by atoms with E-state index in [0.717, 1.165) is 5.69 Å². The van der Waals surface area contributed by atoms with Crippen LogP contribution in [0.3, 0.4) is 0 Å². The molecule has 0 radical (unpaired) electrons. The van der Waals surface area contributed by atoms with Crippen molar-refractivity contribution in [1.82, 2.24) is 9.13 Å². The van der Waals surface area contributed by atoms with E-state index >= 15 is 0 Å². The maximum absolute atomic E-state index is 2.42. The van der Waals surface area contributed by atoms with Gasteiger partial charge in [-0.05, 0) is 82.9 Å². The van der Waals surface area contributed by atoms with Crippen LogP contribution in [0.1, 0.15) is 0 Å². The molecule has 0 fully saturated rings. The fourth-order valence-electron chi connectivity index (χ4n) is 8.24. The Hall–Kier alpha value is -6.42. The molecule has 3 heteroatoms. The Morgan fingerprint density at radius 1 is 0.314 bits per heavy atom. The second-order valence-electron chi connectivity index (χ2n) is 13.3. The topological polar surface area (TPSA) is 9.86 Å². The molecule has 238 valence electrons. The molecule has 0 N–H and O–H groups in total. The molecule has 0 bridgehead atoms. The highest BCUT2D eigenvalue weighted by Gasteiger charge is 2.18. The van der Waals surface area contributed by atoms with Crippen molar-refractivity contribution >= 4 is 75.1 Å². The maximum Gasteiger partial charge on any atom is 0.0547 e. The molecular formula is C48H30N2S. The van der Waals surface area contributed by atoms with Gasteiger partial charge >= 0.3 is 0 Å². The summed E-state index contributed by atoms with van der Waals surface area (Å²) in [5, 5.41) is 7.73. The summed E-state index contributed by atoms with van der Waals surface area (Å²) in [6.07, 6.45) is 0. The van der Waals surface area contributed by atoms with Gasteiger partial charge in [-0.25, -0.2) is 0 Å². The zero-order valence-electron chi connectivity index (χ0n) is 27.6. The van der Waals surface area contributed by atoms with Gasteiger partial charge in [0.25, 0.3) is 0 Å². The normalized spacial score (nSPS) is 11.9. The first-order valence-corrected chi connectivity index (χ1v) is 18.3. The molecule has 11 rings (SSSR count). The van der Waals surface area contributed by atoms with Crippen molar-refractivity contribution in [1.29, 1.82) is 0 Å². The number of hydrogen-bond donors (Lipinski definition) is 0. The van der Waals surface area contributed by atoms with Crippen LogP contribution in [0.2, 0.25) is 0 Å². The van der Waals surface area contributed by atoms with Crippen LogP contribution < -0.4 is 0 Å². The molecule has 0 aliphatic heterocycles. The Morgan fingerprint density at radius 3 is 1.73 bits per heavy atom. The van der Waals surface area contributed by atoms with Gasteiger partial charge in [-0.15, -0.1) is 11.3 Å². The Morgan fingerprint density at radius 2 is 0.882 bits per heavy atom. The highest BCUT2D eigenvalue weighted by atomic mass is 32.1. The Kier molecular flexibility index (Phi) is 6.16. The van der Waals surface area contributed by atoms with Gasteiger partial charge in [0, 0.05) is 53.1 Å². The van der Waals surface area contributed by atoms with E-state index in [0.29, 0.717) is 0 Å². The summed E-state index contributed by atoms with van der Waals surface area (Å²) in [5.74, 6) is 0. The van der Waals surface area contributed by atoms with Gasteiger partial charge in [-0.1, -0.05) is 121 Å². The van der Waals surface area contributed by atoms with Crippen LogP contribution in [-0.2, 0) is 0 Å². The number of thiophene rings is 1. The summed E-state index contributed by atoms with van der Waals surface area (Å²) in [6.45, 7) is 0. The standard InChI is InChI=1S/C48H30N2S/c1-2-11-34(12-3-1)50-42-17-7-4-13-37(42)38-27-24-33(29-45(38)50)36-16-10-19-44-48(36)41-15-5-8-18-43(41)49(44)35-25-21-31(22-26-35)32-23-28-40-39-14-6-9-20-46(39)51-47(40)30-32/h1-30H. The summed E-state index contributed by atoms with van der Waals surface area (Å²) in [5.41, 5.74) is 12.1. The van der Waals surface area contributed by atoms with Gasteiger partial charge in [0.15, 0.2) is 0 Å². The molecule has 0 spiro atoms. The second kappa shape index (κ2) is 11.0. The number of aromatic nitrogens is 2. The summed E-state index contributed by atoms with van der Waals surface area (Å²) in [6, 6.07) is 66.7. The first-order chi connectivity index (χ1) is 25.3. The van der Waals surface area contributed by atoms with Gasteiger partial charge in [0.2, 0.25) is 0 Å². The zero-order chi connectivity index (χ0) is 33.5. The van der Waals surface area contributed by atoms with E-state index in [9.17, 15) is 0 Å². The molecule has 0 saturated heterocycles. The minimum Gasteiger partial charge on any atom is -0.309 e. The molecule has 3 aromatic heterocycles. The second-order valence-corrected chi connectivity index (χ2v) is 14.4. The third-order valence-electron chi connectivity index (χ3n) is 10.5. The quantitative estimate of drug-likeness (QED) is 0.177. The predicted octanol–water partition coefficient (Wildman–Crippen LogP) is 13.6. The largest absolute Gasteiger partial charge is 0.309 e. The molecule has 3 heterocycles. The Balaban J connectivity index is 1.07. The van der Waals surface area contributed by atoms with Crippen molar-refractivity contribution in [3.63, 3.8) is 0 Å². The van der Waals surface area contributed by atoms with Crippen LogP contribution >= 0.6 is 11.3 Å². The van der Waals surface area contributed by atoms with E-state index in [4.69, 9.17) is 0 Å². The summed E-state index contributed by atoms with van der Waals surface area (Å²) < 4.78 is 7.49. The fourth-order valence-corrected chi connectivity index (χ4v) is 9.39. The summed E-state index contributed by atoms with van der Waals surface area (Å²) in [7, 11) is 0. The van der Waals surface area contributed by atoms with Crippen molar-refractivity contribution in [2.24, 2.45) is 0 Å². The summed E-state index contributed by atoms with van der Waals surface area (Å²) in [4.78, 5) is 0. The Labute approximate surface area is 298 Å². The molecule has 51 heavy (non-hydrogen) atoms. The lowest BCUT2D eigenvalue weighted by Crippen LogP contribution is -1.94. The average Bonchev–Trinajstić information content (AvgIpc) is 3.85. The zero-order valence-corrected chi connectivity index (χ0v) is 28.4. The number of hydrogen-bond acceptors (Lipinski definition) is 1. The van der Waals surface area contributed by atoms with Gasteiger partial charge in [0.05, 0.1) is 22.1 Å². The minimum atomic E-state index is 1.16. The molecule has 2 nitrogen and oxygen atoms in total. The minimum absolute atomic E-state index is 1.16. The van der Waals surface area contributed by atoms with Crippen molar-refractivity contribution in [2.75, 3.05) is 0 Å². The van der Waals surface area contributed by atoms with Crippen LogP contribution in [0.15, 0.2) is 182 Å². The number of benzene rings is 8. The molecule has 0 amide bonds. The van der Waals surface area contributed by atoms with Crippen molar-refractivity contribution in [2.45, 2.75) is 0 Å². The first kappa shape index (κ1) is 28.4. The number of fused-ring (bicyclic) bond motifs is 9. The van der Waals surface area contributed by atoms with Crippen molar-refractivity contribution in [3.8, 4) is 33.6 Å². The Bertz CT molecular complexity index is 3120. The SMILES string of the molecule is c1ccc(-n2c3ccccc3c3ccc(-c4cccc5c4c4ccccc4n5-c4ccc(-c5ccc6c(c5)sc5ccccc56)cc4)cc32)cc1. The highest BCUT2D eigenvalue weighted by Crippen LogP contribution is 2.42. The van der Waals surface area contributed by atoms with Gasteiger partial charge in [-0.3, -0.25) is 0 Å². The number of para-hydroxylation sites is 3. The van der Waals surface area contributed by atoms with Crippen LogP contribution in [0.25, 0.3) is 97.4 Å². The van der Waals surface area contributed by atoms with Gasteiger partial charge < -0.3 is 9.13 Å². The maximum atomic E-state index is 2.42. The first-order valence-electron chi connectivity index (χ1n) is 17.4. The number of nitrogens with zero attached hydrogens (tertiary/aromatic N) is 2.